The molecule has 0 spiro atoms. The van der Waals surface area contributed by atoms with E-state index in [0.29, 0.717) is 6.42 Å². The summed E-state index contributed by atoms with van der Waals surface area (Å²) in [6.45, 7) is 0. The molecule has 3 nitrogen and oxygen atoms in total. The zero-order valence-electron chi connectivity index (χ0n) is 8.57. The van der Waals surface area contributed by atoms with Crippen LogP contribution in [-0.2, 0) is 16.0 Å². The molecule has 0 bridgehead atoms. The van der Waals surface area contributed by atoms with Crippen molar-refractivity contribution in [3.63, 3.8) is 0 Å². The lowest BCUT2D eigenvalue weighted by molar-refractivity contribution is -0.142. The van der Waals surface area contributed by atoms with Gasteiger partial charge in [0, 0.05) is 5.56 Å². The maximum Gasteiger partial charge on any atom is 0.322 e. The van der Waals surface area contributed by atoms with Crippen molar-refractivity contribution in [3.05, 3.63) is 35.4 Å². The predicted molar refractivity (Wildman–Crippen MR) is 58.1 cm³/mol. The van der Waals surface area contributed by atoms with Crippen LogP contribution in [0.4, 0.5) is 0 Å². The Morgan fingerprint density at radius 2 is 2.13 bits per heavy atom. The first-order chi connectivity index (χ1) is 7.17. The van der Waals surface area contributed by atoms with E-state index in [1.807, 2.05) is 24.3 Å². The van der Waals surface area contributed by atoms with Crippen LogP contribution in [0.15, 0.2) is 24.3 Å². The number of carbonyl (C=O) groups is 1. The van der Waals surface area contributed by atoms with Crippen LogP contribution in [0.2, 0.25) is 0 Å². The largest absolute Gasteiger partial charge is 0.468 e. The Labute approximate surface area is 89.2 Å². The topological polar surface area (TPSA) is 52.3 Å². The summed E-state index contributed by atoms with van der Waals surface area (Å²) < 4.78 is 4.53. The van der Waals surface area contributed by atoms with Gasteiger partial charge < -0.3 is 10.5 Å². The van der Waals surface area contributed by atoms with Crippen LogP contribution < -0.4 is 5.73 Å². The van der Waals surface area contributed by atoms with Gasteiger partial charge in [-0.05, 0) is 24.1 Å². The molecule has 0 radical (unpaired) electrons. The number of hydrogen-bond acceptors (Lipinski definition) is 3. The van der Waals surface area contributed by atoms with E-state index in [-0.39, 0.29) is 0 Å². The van der Waals surface area contributed by atoms with Crippen LogP contribution in [0.5, 0.6) is 0 Å². The molecule has 1 aromatic carbocycles. The third-order valence-electron chi connectivity index (χ3n) is 2.08. The van der Waals surface area contributed by atoms with Gasteiger partial charge in [-0.2, -0.15) is 0 Å². The third kappa shape index (κ3) is 3.12. The Morgan fingerprint density at radius 1 is 1.53 bits per heavy atom. The zero-order chi connectivity index (χ0) is 11.3. The van der Waals surface area contributed by atoms with Gasteiger partial charge in [0.25, 0.3) is 0 Å². The van der Waals surface area contributed by atoms with E-state index in [0.717, 1.165) is 11.1 Å². The van der Waals surface area contributed by atoms with Gasteiger partial charge in [-0.15, -0.1) is 6.42 Å². The van der Waals surface area contributed by atoms with Gasteiger partial charge >= 0.3 is 5.97 Å². The average molecular weight is 203 g/mol. The van der Waals surface area contributed by atoms with Crippen molar-refractivity contribution in [2.45, 2.75) is 12.5 Å². The summed E-state index contributed by atoms with van der Waals surface area (Å²) in [7, 11) is 1.32. The minimum Gasteiger partial charge on any atom is -0.468 e. The van der Waals surface area contributed by atoms with Crippen molar-refractivity contribution in [3.8, 4) is 12.3 Å². The van der Waals surface area contributed by atoms with Crippen molar-refractivity contribution in [1.29, 1.82) is 0 Å². The Kier molecular flexibility index (Phi) is 3.90. The summed E-state index contributed by atoms with van der Waals surface area (Å²) in [5.74, 6) is 2.11. The number of ether oxygens (including phenoxy) is 1. The summed E-state index contributed by atoms with van der Waals surface area (Å²) in [5, 5.41) is 0. The fourth-order valence-corrected chi connectivity index (χ4v) is 1.23. The highest BCUT2D eigenvalue weighted by Gasteiger charge is 2.13. The fourth-order valence-electron chi connectivity index (χ4n) is 1.23. The van der Waals surface area contributed by atoms with Gasteiger partial charge in [-0.25, -0.2) is 0 Å². The molecule has 0 aliphatic heterocycles. The van der Waals surface area contributed by atoms with Gasteiger partial charge in [0.1, 0.15) is 6.04 Å². The summed E-state index contributed by atoms with van der Waals surface area (Å²) in [5.41, 5.74) is 7.39. The molecule has 1 atom stereocenters. The highest BCUT2D eigenvalue weighted by Crippen LogP contribution is 2.06. The lowest BCUT2D eigenvalue weighted by Gasteiger charge is -2.08. The monoisotopic (exact) mass is 203 g/mol. The summed E-state index contributed by atoms with van der Waals surface area (Å²) in [6.07, 6.45) is 5.68. The number of hydrogen-bond donors (Lipinski definition) is 1. The number of methoxy groups -OCH3 is 1. The van der Waals surface area contributed by atoms with Gasteiger partial charge in [0.15, 0.2) is 0 Å². The normalized spacial score (nSPS) is 11.5. The van der Waals surface area contributed by atoms with E-state index in [1.165, 1.54) is 7.11 Å². The molecule has 0 aliphatic rings. The molecule has 15 heavy (non-hydrogen) atoms. The maximum atomic E-state index is 11.1. The highest BCUT2D eigenvalue weighted by molar-refractivity contribution is 5.75. The molecular weight excluding hydrogens is 190 g/mol. The van der Waals surface area contributed by atoms with Gasteiger partial charge in [-0.3, -0.25) is 4.79 Å². The summed E-state index contributed by atoms with van der Waals surface area (Å²) in [6, 6.07) is 6.74. The van der Waals surface area contributed by atoms with Crippen molar-refractivity contribution in [2.24, 2.45) is 5.73 Å². The predicted octanol–water partition coefficient (Wildman–Crippen LogP) is 0.711. The first-order valence-electron chi connectivity index (χ1n) is 4.56. The molecular formula is C12H13NO2. The van der Waals surface area contributed by atoms with Crippen molar-refractivity contribution >= 4 is 5.97 Å². The van der Waals surface area contributed by atoms with Crippen LogP contribution in [0, 0.1) is 12.3 Å². The standard InChI is InChI=1S/C12H13NO2/c1-3-9-4-6-10(7-5-9)8-11(13)12(14)15-2/h1,4-7,11H,8,13H2,2H3/t11-/m1/s1. The second kappa shape index (κ2) is 5.18. The Morgan fingerprint density at radius 3 is 2.60 bits per heavy atom. The molecule has 3 heteroatoms. The van der Waals surface area contributed by atoms with E-state index in [2.05, 4.69) is 10.7 Å². The molecule has 1 rings (SSSR count). The number of esters is 1. The summed E-state index contributed by atoms with van der Waals surface area (Å²) in [4.78, 5) is 11.1. The van der Waals surface area contributed by atoms with Crippen LogP contribution in [0.25, 0.3) is 0 Å². The number of benzene rings is 1. The number of terminal acetylenes is 1. The molecule has 0 fully saturated rings. The zero-order valence-corrected chi connectivity index (χ0v) is 8.57. The molecule has 0 heterocycles. The highest BCUT2D eigenvalue weighted by atomic mass is 16.5. The van der Waals surface area contributed by atoms with Gasteiger partial charge in [-0.1, -0.05) is 18.1 Å². The molecule has 78 valence electrons. The van der Waals surface area contributed by atoms with Crippen molar-refractivity contribution in [2.75, 3.05) is 7.11 Å². The lowest BCUT2D eigenvalue weighted by Crippen LogP contribution is -2.33. The minimum absolute atomic E-state index is 0.406. The minimum atomic E-state index is -0.619. The summed E-state index contributed by atoms with van der Waals surface area (Å²) >= 11 is 0. The fraction of sp³-hybridized carbons (Fsp3) is 0.250. The average Bonchev–Trinajstić information content (AvgIpc) is 2.29. The SMILES string of the molecule is C#Cc1ccc(C[C@@H](N)C(=O)OC)cc1. The van der Waals surface area contributed by atoms with Crippen LogP contribution in [0.3, 0.4) is 0 Å². The van der Waals surface area contributed by atoms with E-state index >= 15 is 0 Å². The van der Waals surface area contributed by atoms with Crippen LogP contribution in [-0.4, -0.2) is 19.1 Å². The second-order valence-corrected chi connectivity index (χ2v) is 3.18. The second-order valence-electron chi connectivity index (χ2n) is 3.18. The maximum absolute atomic E-state index is 11.1. The van der Waals surface area contributed by atoms with Gasteiger partial charge in [0.05, 0.1) is 7.11 Å². The molecule has 0 aliphatic carbocycles. The molecule has 0 amide bonds. The van der Waals surface area contributed by atoms with E-state index < -0.39 is 12.0 Å². The first kappa shape index (κ1) is 11.3. The van der Waals surface area contributed by atoms with E-state index in [1.54, 1.807) is 0 Å². The molecule has 0 aromatic heterocycles. The third-order valence-corrected chi connectivity index (χ3v) is 2.08. The Hall–Kier alpha value is -1.79. The molecule has 0 unspecified atom stereocenters. The number of carbonyl (C=O) groups excluding carboxylic acids is 1. The number of rotatable bonds is 3. The van der Waals surface area contributed by atoms with Crippen LogP contribution >= 0.6 is 0 Å². The van der Waals surface area contributed by atoms with E-state index in [4.69, 9.17) is 12.2 Å². The molecule has 0 saturated carbocycles. The quantitative estimate of drug-likeness (QED) is 0.581. The van der Waals surface area contributed by atoms with Crippen molar-refractivity contribution in [1.82, 2.24) is 0 Å². The smallest absolute Gasteiger partial charge is 0.322 e. The molecule has 1 aromatic rings. The Bertz CT molecular complexity index is 376. The van der Waals surface area contributed by atoms with Crippen molar-refractivity contribution < 1.29 is 9.53 Å². The van der Waals surface area contributed by atoms with Crippen LogP contribution in [0.1, 0.15) is 11.1 Å². The van der Waals surface area contributed by atoms with Gasteiger partial charge in [0.2, 0.25) is 0 Å². The molecule has 2 N–H and O–H groups in total. The lowest BCUT2D eigenvalue weighted by atomic mass is 10.1. The Balaban J connectivity index is 2.66. The number of nitrogens with two attached hydrogens (primary N) is 1. The van der Waals surface area contributed by atoms with E-state index in [9.17, 15) is 4.79 Å². The molecule has 0 saturated heterocycles. The first-order valence-corrected chi connectivity index (χ1v) is 4.56.